The molecule has 0 rings (SSSR count). The van der Waals surface area contributed by atoms with Crippen LogP contribution in [0, 0.1) is 0 Å². The van der Waals surface area contributed by atoms with Gasteiger partial charge in [0.1, 0.15) is 0 Å². The summed E-state index contributed by atoms with van der Waals surface area (Å²) in [6.45, 7) is 0. The molecule has 0 spiro atoms. The maximum absolute atomic E-state index is 9.77. The molecule has 0 bridgehead atoms. The average molecular weight is 364 g/mol. The fourth-order valence-electron chi connectivity index (χ4n) is 0.540. The number of aliphatic hydroxyl groups excluding tert-OH is 4. The van der Waals surface area contributed by atoms with Crippen LogP contribution in [0.15, 0.2) is 0 Å². The molecule has 4 unspecified atom stereocenters. The van der Waals surface area contributed by atoms with Crippen LogP contribution in [-0.2, 0) is 19.2 Å². The Morgan fingerprint density at radius 2 is 0.565 bits per heavy atom. The predicted molar refractivity (Wildman–Crippen MR) is 58.2 cm³/mol. The Kier molecular flexibility index (Phi) is 24.5. The van der Waals surface area contributed by atoms with Crippen molar-refractivity contribution in [2.45, 2.75) is 24.4 Å². The van der Waals surface area contributed by atoms with Crippen molar-refractivity contribution in [3.8, 4) is 0 Å². The van der Waals surface area contributed by atoms with Crippen LogP contribution in [0.5, 0.6) is 0 Å². The molecule has 0 aliphatic rings. The number of aliphatic carboxylic acids is 4. The molecule has 0 aliphatic carbocycles. The Bertz CT molecular complexity index is 314. The molecule has 0 saturated heterocycles. The van der Waals surface area contributed by atoms with E-state index in [2.05, 4.69) is 0 Å². The summed E-state index contributed by atoms with van der Waals surface area (Å²) in [5.74, 6) is -7.07. The molecule has 0 heterocycles. The summed E-state index contributed by atoms with van der Waals surface area (Å²) in [6.07, 6.45) is -9.06. The van der Waals surface area contributed by atoms with Gasteiger partial charge in [-0.1, -0.05) is 0 Å². The first-order valence-electron chi connectivity index (χ1n) is 4.57. The van der Waals surface area contributed by atoms with Crippen LogP contribution in [0.25, 0.3) is 0 Å². The van der Waals surface area contributed by atoms with Gasteiger partial charge in [0, 0.05) is 0 Å². The zero-order valence-electron chi connectivity index (χ0n) is 12.0. The largest absolute Gasteiger partial charge is 1.00 e. The molecular formula is C8H14Na2O13+2. The van der Waals surface area contributed by atoms with Crippen molar-refractivity contribution in [3.05, 3.63) is 0 Å². The Morgan fingerprint density at radius 1 is 0.478 bits per heavy atom. The van der Waals surface area contributed by atoms with E-state index < -0.39 is 48.3 Å². The van der Waals surface area contributed by atoms with Crippen LogP contribution in [-0.4, -0.2) is 94.6 Å². The normalized spacial score (nSPS) is 13.7. The van der Waals surface area contributed by atoms with Gasteiger partial charge in [0.2, 0.25) is 0 Å². The van der Waals surface area contributed by atoms with Crippen LogP contribution >= 0.6 is 0 Å². The summed E-state index contributed by atoms with van der Waals surface area (Å²) in [5.41, 5.74) is 0. The molecule has 15 heteroatoms. The van der Waals surface area contributed by atoms with E-state index in [-0.39, 0.29) is 64.6 Å². The number of rotatable bonds is 6. The topological polar surface area (TPSA) is 262 Å². The van der Waals surface area contributed by atoms with E-state index in [0.717, 1.165) is 0 Å². The second-order valence-electron chi connectivity index (χ2n) is 3.13. The van der Waals surface area contributed by atoms with E-state index >= 15 is 0 Å². The summed E-state index contributed by atoms with van der Waals surface area (Å²) in [4.78, 5) is 39.1. The predicted octanol–water partition coefficient (Wildman–Crippen LogP) is -11.1. The summed E-state index contributed by atoms with van der Waals surface area (Å²) in [5, 5.41) is 65.1. The Labute approximate surface area is 172 Å². The number of aliphatic hydroxyl groups is 4. The van der Waals surface area contributed by atoms with Gasteiger partial charge in [-0.15, -0.1) is 0 Å². The van der Waals surface area contributed by atoms with Crippen molar-refractivity contribution in [2.75, 3.05) is 0 Å². The molecule has 23 heavy (non-hydrogen) atoms. The molecule has 0 aromatic rings. The van der Waals surface area contributed by atoms with Gasteiger partial charge >= 0.3 is 83.0 Å². The third-order valence-electron chi connectivity index (χ3n) is 1.61. The standard InChI is InChI=1S/2C4H6O6.2Na.H2O/c2*5-1(3(7)8)2(6)4(9)10;;;/h2*1-2,5-6H,(H,7,8)(H,9,10);;;1H2/q;;2*+1;. The minimum atomic E-state index is -2.27. The van der Waals surface area contributed by atoms with Crippen LogP contribution in [0.4, 0.5) is 0 Å². The van der Waals surface area contributed by atoms with Gasteiger partial charge in [0.15, 0.2) is 24.4 Å². The first-order chi connectivity index (χ1) is 8.93. The summed E-state index contributed by atoms with van der Waals surface area (Å²) in [7, 11) is 0. The van der Waals surface area contributed by atoms with Gasteiger partial charge in [0.25, 0.3) is 0 Å². The van der Waals surface area contributed by atoms with Crippen molar-refractivity contribution < 1.29 is 125 Å². The molecule has 0 saturated carbocycles. The molecule has 10 N–H and O–H groups in total. The van der Waals surface area contributed by atoms with Gasteiger partial charge < -0.3 is 46.3 Å². The number of carboxylic acid groups (broad SMARTS) is 4. The van der Waals surface area contributed by atoms with E-state index in [1.54, 1.807) is 0 Å². The SMILES string of the molecule is O.O=C(O)C(O)C(O)C(=O)O.O=C(O)C(O)C(O)C(=O)O.[Na+].[Na+]. The fraction of sp³-hybridized carbons (Fsp3) is 0.500. The van der Waals surface area contributed by atoms with Crippen LogP contribution < -0.4 is 59.1 Å². The van der Waals surface area contributed by atoms with Gasteiger partial charge in [0.05, 0.1) is 0 Å². The molecule has 124 valence electrons. The molecule has 0 aromatic heterocycles. The Balaban J connectivity index is -0.0000000831. The molecule has 0 fully saturated rings. The van der Waals surface area contributed by atoms with Crippen LogP contribution in [0.2, 0.25) is 0 Å². The second-order valence-corrected chi connectivity index (χ2v) is 3.13. The van der Waals surface area contributed by atoms with E-state index in [9.17, 15) is 19.2 Å². The summed E-state index contributed by atoms with van der Waals surface area (Å²) in [6, 6.07) is 0. The quantitative estimate of drug-likeness (QED) is 0.204. The van der Waals surface area contributed by atoms with E-state index in [1.807, 2.05) is 0 Å². The average Bonchev–Trinajstić information content (AvgIpc) is 2.35. The second kappa shape index (κ2) is 16.5. The van der Waals surface area contributed by atoms with Crippen LogP contribution in [0.3, 0.4) is 0 Å². The third kappa shape index (κ3) is 15.0. The maximum atomic E-state index is 9.77. The molecule has 0 radical (unpaired) electrons. The summed E-state index contributed by atoms with van der Waals surface area (Å²) >= 11 is 0. The Hall–Kier alpha value is -0.320. The van der Waals surface area contributed by atoms with E-state index in [0.29, 0.717) is 0 Å². The number of carbonyl (C=O) groups is 4. The maximum Gasteiger partial charge on any atom is 1.00 e. The van der Waals surface area contributed by atoms with E-state index in [4.69, 9.17) is 40.9 Å². The number of carboxylic acids is 4. The molecule has 13 nitrogen and oxygen atoms in total. The van der Waals surface area contributed by atoms with Gasteiger partial charge in [-0.3, -0.25) is 0 Å². The van der Waals surface area contributed by atoms with Gasteiger partial charge in [-0.25, -0.2) is 19.2 Å². The first kappa shape index (κ1) is 34.1. The third-order valence-corrected chi connectivity index (χ3v) is 1.61. The fourth-order valence-corrected chi connectivity index (χ4v) is 0.540. The van der Waals surface area contributed by atoms with Crippen molar-refractivity contribution >= 4 is 23.9 Å². The van der Waals surface area contributed by atoms with Crippen LogP contribution in [0.1, 0.15) is 0 Å². The smallest absolute Gasteiger partial charge is 0.479 e. The number of hydrogen-bond acceptors (Lipinski definition) is 8. The zero-order valence-corrected chi connectivity index (χ0v) is 16.0. The Morgan fingerprint density at radius 3 is 0.609 bits per heavy atom. The van der Waals surface area contributed by atoms with Crippen molar-refractivity contribution in [1.29, 1.82) is 0 Å². The van der Waals surface area contributed by atoms with Gasteiger partial charge in [-0.05, 0) is 0 Å². The molecule has 0 aromatic carbocycles. The van der Waals surface area contributed by atoms with E-state index in [1.165, 1.54) is 0 Å². The van der Waals surface area contributed by atoms with Crippen molar-refractivity contribution in [1.82, 2.24) is 0 Å². The minimum absolute atomic E-state index is 0. The van der Waals surface area contributed by atoms with Crippen molar-refractivity contribution in [2.24, 2.45) is 0 Å². The number of hydrogen-bond donors (Lipinski definition) is 8. The monoisotopic (exact) mass is 364 g/mol. The van der Waals surface area contributed by atoms with Crippen molar-refractivity contribution in [3.63, 3.8) is 0 Å². The molecular weight excluding hydrogens is 350 g/mol. The summed E-state index contributed by atoms with van der Waals surface area (Å²) < 4.78 is 0. The first-order valence-corrected chi connectivity index (χ1v) is 4.57. The molecule has 0 amide bonds. The van der Waals surface area contributed by atoms with Gasteiger partial charge in [-0.2, -0.15) is 0 Å². The molecule has 0 aliphatic heterocycles. The zero-order chi connectivity index (χ0) is 16.6. The molecule has 4 atom stereocenters. The minimum Gasteiger partial charge on any atom is -0.479 e.